The Morgan fingerprint density at radius 1 is 1.36 bits per heavy atom. The molecule has 0 saturated heterocycles. The van der Waals surface area contributed by atoms with Gasteiger partial charge in [-0.3, -0.25) is 0 Å². The summed E-state index contributed by atoms with van der Waals surface area (Å²) in [6.07, 6.45) is 6.17. The van der Waals surface area contributed by atoms with Gasteiger partial charge in [0.25, 0.3) is 0 Å². The molecule has 2 heteroatoms. The van der Waals surface area contributed by atoms with Gasteiger partial charge in [0.2, 0.25) is 0 Å². The first-order valence-electron chi connectivity index (χ1n) is 5.79. The van der Waals surface area contributed by atoms with Gasteiger partial charge in [-0.1, -0.05) is 0 Å². The summed E-state index contributed by atoms with van der Waals surface area (Å²) in [5, 5.41) is 10.6. The maximum atomic E-state index is 10.6. The molecule has 2 bridgehead atoms. The van der Waals surface area contributed by atoms with Crippen molar-refractivity contribution in [3.8, 4) is 0 Å². The summed E-state index contributed by atoms with van der Waals surface area (Å²) in [6.45, 7) is 2.79. The van der Waals surface area contributed by atoms with E-state index in [0.717, 1.165) is 18.9 Å². The number of rotatable bonds is 2. The van der Waals surface area contributed by atoms with Crippen LogP contribution in [-0.2, 0) is 4.74 Å². The zero-order valence-electron chi connectivity index (χ0n) is 9.18. The molecule has 1 N–H and O–H groups in total. The SMILES string of the molecule is COC[C@]12CC[C@H](C[C@@]1(C)O)C21CC1. The van der Waals surface area contributed by atoms with Crippen LogP contribution in [0.3, 0.4) is 0 Å². The van der Waals surface area contributed by atoms with E-state index in [1.807, 2.05) is 6.92 Å². The molecule has 3 aliphatic rings. The van der Waals surface area contributed by atoms with Gasteiger partial charge in [-0.25, -0.2) is 0 Å². The largest absolute Gasteiger partial charge is 0.389 e. The van der Waals surface area contributed by atoms with Gasteiger partial charge in [-0.05, 0) is 50.4 Å². The average molecular weight is 196 g/mol. The molecular weight excluding hydrogens is 176 g/mol. The highest BCUT2D eigenvalue weighted by Gasteiger charge is 2.77. The van der Waals surface area contributed by atoms with Crippen molar-refractivity contribution in [2.45, 2.75) is 44.6 Å². The lowest BCUT2D eigenvalue weighted by atomic mass is 9.68. The highest BCUT2D eigenvalue weighted by molar-refractivity contribution is 5.26. The minimum absolute atomic E-state index is 0.0966. The van der Waals surface area contributed by atoms with Gasteiger partial charge in [0.05, 0.1) is 12.2 Å². The van der Waals surface area contributed by atoms with E-state index in [1.54, 1.807) is 7.11 Å². The van der Waals surface area contributed by atoms with E-state index < -0.39 is 5.60 Å². The van der Waals surface area contributed by atoms with Crippen molar-refractivity contribution in [3.05, 3.63) is 0 Å². The zero-order valence-corrected chi connectivity index (χ0v) is 9.18. The van der Waals surface area contributed by atoms with E-state index in [4.69, 9.17) is 4.74 Å². The summed E-state index contributed by atoms with van der Waals surface area (Å²) < 4.78 is 5.40. The van der Waals surface area contributed by atoms with Gasteiger partial charge < -0.3 is 9.84 Å². The second-order valence-corrected chi connectivity index (χ2v) is 5.88. The van der Waals surface area contributed by atoms with Gasteiger partial charge in [-0.2, -0.15) is 0 Å². The normalized spacial score (nSPS) is 52.9. The number of aliphatic hydroxyl groups is 1. The standard InChI is InChI=1S/C12H20O2/c1-10(13)7-9-3-4-12(10,8-14-2)11(9)5-6-11/h9,13H,3-8H2,1-2H3/t9-,10-,12-/m1/s1. The minimum Gasteiger partial charge on any atom is -0.389 e. The maximum Gasteiger partial charge on any atom is 0.0706 e. The van der Waals surface area contributed by atoms with Crippen LogP contribution in [0.2, 0.25) is 0 Å². The molecule has 0 unspecified atom stereocenters. The topological polar surface area (TPSA) is 29.5 Å². The van der Waals surface area contributed by atoms with Crippen molar-refractivity contribution in [2.75, 3.05) is 13.7 Å². The number of ether oxygens (including phenoxy) is 1. The highest BCUT2D eigenvalue weighted by Crippen LogP contribution is 2.79. The number of hydrogen-bond donors (Lipinski definition) is 1. The van der Waals surface area contributed by atoms with Gasteiger partial charge in [0, 0.05) is 12.5 Å². The van der Waals surface area contributed by atoms with Crippen LogP contribution in [0, 0.1) is 16.7 Å². The molecule has 14 heavy (non-hydrogen) atoms. The summed E-state index contributed by atoms with van der Waals surface area (Å²) in [5.41, 5.74) is 0.106. The summed E-state index contributed by atoms with van der Waals surface area (Å²) in [4.78, 5) is 0. The lowest BCUT2D eigenvalue weighted by Crippen LogP contribution is -2.48. The Balaban J connectivity index is 2.04. The fourth-order valence-corrected chi connectivity index (χ4v) is 4.75. The van der Waals surface area contributed by atoms with Crippen LogP contribution in [0.5, 0.6) is 0 Å². The third-order valence-corrected chi connectivity index (χ3v) is 5.51. The maximum absolute atomic E-state index is 10.6. The van der Waals surface area contributed by atoms with Crippen LogP contribution >= 0.6 is 0 Å². The van der Waals surface area contributed by atoms with Gasteiger partial charge >= 0.3 is 0 Å². The van der Waals surface area contributed by atoms with Crippen LogP contribution in [0.1, 0.15) is 39.0 Å². The molecule has 3 saturated carbocycles. The Kier molecular flexibility index (Phi) is 1.54. The molecule has 80 valence electrons. The Morgan fingerprint density at radius 2 is 2.07 bits per heavy atom. The molecule has 1 spiro atoms. The van der Waals surface area contributed by atoms with Crippen molar-refractivity contribution in [2.24, 2.45) is 16.7 Å². The van der Waals surface area contributed by atoms with E-state index in [1.165, 1.54) is 25.7 Å². The molecule has 3 aliphatic carbocycles. The zero-order chi connectivity index (χ0) is 10.0. The van der Waals surface area contributed by atoms with Crippen molar-refractivity contribution < 1.29 is 9.84 Å². The van der Waals surface area contributed by atoms with E-state index >= 15 is 0 Å². The molecule has 3 fully saturated rings. The molecule has 3 rings (SSSR count). The first-order chi connectivity index (χ1) is 6.58. The van der Waals surface area contributed by atoms with Crippen molar-refractivity contribution >= 4 is 0 Å². The van der Waals surface area contributed by atoms with Gasteiger partial charge in [-0.15, -0.1) is 0 Å². The molecule has 2 nitrogen and oxygen atoms in total. The van der Waals surface area contributed by atoms with Crippen molar-refractivity contribution in [3.63, 3.8) is 0 Å². The van der Waals surface area contributed by atoms with E-state index in [2.05, 4.69) is 0 Å². The van der Waals surface area contributed by atoms with Gasteiger partial charge in [0.15, 0.2) is 0 Å². The second-order valence-electron chi connectivity index (χ2n) is 5.88. The summed E-state index contributed by atoms with van der Waals surface area (Å²) >= 11 is 0. The summed E-state index contributed by atoms with van der Waals surface area (Å²) in [5.74, 6) is 0.785. The number of methoxy groups -OCH3 is 1. The Morgan fingerprint density at radius 3 is 2.57 bits per heavy atom. The van der Waals surface area contributed by atoms with Gasteiger partial charge in [0.1, 0.15) is 0 Å². The van der Waals surface area contributed by atoms with Crippen molar-refractivity contribution in [1.82, 2.24) is 0 Å². The monoisotopic (exact) mass is 196 g/mol. The quantitative estimate of drug-likeness (QED) is 0.731. The summed E-state index contributed by atoms with van der Waals surface area (Å²) in [6, 6.07) is 0. The second kappa shape index (κ2) is 2.35. The van der Waals surface area contributed by atoms with Crippen LogP contribution < -0.4 is 0 Å². The number of hydrogen-bond acceptors (Lipinski definition) is 2. The van der Waals surface area contributed by atoms with Crippen LogP contribution in [0.15, 0.2) is 0 Å². The predicted octanol–water partition coefficient (Wildman–Crippen LogP) is 1.96. The van der Waals surface area contributed by atoms with E-state index in [9.17, 15) is 5.11 Å². The summed E-state index contributed by atoms with van der Waals surface area (Å²) in [7, 11) is 1.77. The Bertz CT molecular complexity index is 267. The first-order valence-corrected chi connectivity index (χ1v) is 5.79. The molecule has 0 radical (unpaired) electrons. The third-order valence-electron chi connectivity index (χ3n) is 5.51. The fraction of sp³-hybridized carbons (Fsp3) is 1.00. The Labute approximate surface area is 85.6 Å². The first kappa shape index (κ1) is 9.17. The smallest absolute Gasteiger partial charge is 0.0706 e. The predicted molar refractivity (Wildman–Crippen MR) is 53.9 cm³/mol. The van der Waals surface area contributed by atoms with E-state index in [-0.39, 0.29) is 5.41 Å². The molecule has 0 aromatic heterocycles. The van der Waals surface area contributed by atoms with Crippen LogP contribution in [0.25, 0.3) is 0 Å². The molecule has 3 atom stereocenters. The molecule has 0 heterocycles. The molecule has 0 aromatic carbocycles. The highest BCUT2D eigenvalue weighted by atomic mass is 16.5. The lowest BCUT2D eigenvalue weighted by molar-refractivity contribution is -0.109. The third kappa shape index (κ3) is 0.737. The average Bonchev–Trinajstić information content (AvgIpc) is 2.80. The lowest BCUT2D eigenvalue weighted by Gasteiger charge is -2.42. The van der Waals surface area contributed by atoms with Crippen LogP contribution in [-0.4, -0.2) is 24.4 Å². The fourth-order valence-electron chi connectivity index (χ4n) is 4.75. The molecule has 0 aromatic rings. The Hall–Kier alpha value is -0.0800. The van der Waals surface area contributed by atoms with Crippen molar-refractivity contribution in [1.29, 1.82) is 0 Å². The van der Waals surface area contributed by atoms with Crippen LogP contribution in [0.4, 0.5) is 0 Å². The minimum atomic E-state index is -0.470. The molecule has 0 aliphatic heterocycles. The molecular formula is C12H20O2. The molecule has 0 amide bonds. The van der Waals surface area contributed by atoms with E-state index in [0.29, 0.717) is 5.41 Å².